The van der Waals surface area contributed by atoms with Gasteiger partial charge in [-0.15, -0.1) is 0 Å². The van der Waals surface area contributed by atoms with Crippen LogP contribution in [0.5, 0.6) is 23.0 Å². The Hall–Kier alpha value is -3.64. The Morgan fingerprint density at radius 2 is 1.02 bits per heavy atom. The van der Waals surface area contributed by atoms with Gasteiger partial charge in [-0.3, -0.25) is 0 Å². The summed E-state index contributed by atoms with van der Waals surface area (Å²) in [6.45, 7) is 9.05. The van der Waals surface area contributed by atoms with Crippen LogP contribution >= 0.6 is 0 Å². The molecule has 0 radical (unpaired) electrons. The van der Waals surface area contributed by atoms with Crippen LogP contribution in [0.1, 0.15) is 13.8 Å². The summed E-state index contributed by atoms with van der Waals surface area (Å²) < 4.78 is 57.0. The van der Waals surface area contributed by atoms with Gasteiger partial charge in [-0.1, -0.05) is 24.3 Å². The topological polar surface area (TPSA) is 98.9 Å². The molecule has 0 amide bonds. The summed E-state index contributed by atoms with van der Waals surface area (Å²) in [6.07, 6.45) is -0.410. The zero-order valence-electron chi connectivity index (χ0n) is 26.4. The van der Waals surface area contributed by atoms with Crippen molar-refractivity contribution in [2.75, 3.05) is 66.1 Å². The largest absolute Gasteiger partial charge is 0.491 e. The molecular formula is C36H42O10. The van der Waals surface area contributed by atoms with Crippen LogP contribution in [0, 0.1) is 0 Å². The van der Waals surface area contributed by atoms with Crippen molar-refractivity contribution in [3.63, 3.8) is 0 Å². The summed E-state index contributed by atoms with van der Waals surface area (Å²) in [5, 5.41) is 4.08. The molecule has 4 unspecified atom stereocenters. The summed E-state index contributed by atoms with van der Waals surface area (Å²) >= 11 is 0. The van der Waals surface area contributed by atoms with Crippen molar-refractivity contribution in [2.24, 2.45) is 0 Å². The van der Waals surface area contributed by atoms with Crippen molar-refractivity contribution in [3.8, 4) is 23.0 Å². The average molecular weight is 635 g/mol. The van der Waals surface area contributed by atoms with Crippen LogP contribution in [0.15, 0.2) is 72.8 Å². The standard InChI is InChI=1S/C36H42O10/c1-25(45-35-7-3-5-27-19-29(9-11-33(27)35)41-21-31-23-43-31)39-17-15-37-13-14-38-16-18-40-26(2)46-36-8-4-6-28-20-30(10-12-34(28)36)42-22-32-24-44-32/h3-12,19-20,25-26,31-32H,13-18,21-24H2,1-2H3. The molecule has 2 saturated heterocycles. The van der Waals surface area contributed by atoms with Crippen LogP contribution in [0.3, 0.4) is 0 Å². The normalized spacial score (nSPS) is 18.3. The van der Waals surface area contributed by atoms with Gasteiger partial charge < -0.3 is 47.4 Å². The van der Waals surface area contributed by atoms with E-state index in [-0.39, 0.29) is 12.2 Å². The third-order valence-electron chi connectivity index (χ3n) is 7.42. The van der Waals surface area contributed by atoms with Gasteiger partial charge in [-0.25, -0.2) is 0 Å². The maximum Gasteiger partial charge on any atom is 0.197 e. The van der Waals surface area contributed by atoms with Gasteiger partial charge in [0.25, 0.3) is 0 Å². The average Bonchev–Trinajstić information content (AvgIpc) is 4.00. The predicted octanol–water partition coefficient (Wildman–Crippen LogP) is 5.76. The highest BCUT2D eigenvalue weighted by atomic mass is 16.7. The molecule has 0 spiro atoms. The Bertz CT molecular complexity index is 1420. The van der Waals surface area contributed by atoms with E-state index in [0.29, 0.717) is 52.9 Å². The zero-order valence-corrected chi connectivity index (χ0v) is 26.4. The molecule has 0 bridgehead atoms. The van der Waals surface area contributed by atoms with Gasteiger partial charge in [-0.2, -0.15) is 0 Å². The van der Waals surface area contributed by atoms with E-state index < -0.39 is 12.6 Å². The van der Waals surface area contributed by atoms with Crippen LogP contribution in [-0.4, -0.2) is 90.9 Å². The molecule has 0 aromatic heterocycles. The molecule has 2 aliphatic heterocycles. The lowest BCUT2D eigenvalue weighted by molar-refractivity contribution is -0.0937. The lowest BCUT2D eigenvalue weighted by Crippen LogP contribution is -2.21. The molecule has 46 heavy (non-hydrogen) atoms. The Morgan fingerprint density at radius 3 is 1.46 bits per heavy atom. The predicted molar refractivity (Wildman–Crippen MR) is 172 cm³/mol. The van der Waals surface area contributed by atoms with Crippen molar-refractivity contribution in [1.82, 2.24) is 0 Å². The first-order valence-electron chi connectivity index (χ1n) is 15.9. The molecule has 0 saturated carbocycles. The first-order chi connectivity index (χ1) is 22.6. The first-order valence-corrected chi connectivity index (χ1v) is 15.9. The highest BCUT2D eigenvalue weighted by Crippen LogP contribution is 2.31. The molecule has 0 N–H and O–H groups in total. The number of benzene rings is 4. The van der Waals surface area contributed by atoms with E-state index in [1.807, 2.05) is 86.6 Å². The third kappa shape index (κ3) is 9.93. The number of hydrogen-bond acceptors (Lipinski definition) is 10. The Kier molecular flexibility index (Phi) is 11.4. The van der Waals surface area contributed by atoms with E-state index in [1.165, 1.54) is 0 Å². The van der Waals surface area contributed by atoms with Crippen molar-refractivity contribution >= 4 is 21.5 Å². The molecular weight excluding hydrogens is 592 g/mol. The van der Waals surface area contributed by atoms with E-state index >= 15 is 0 Å². The minimum absolute atomic E-state index is 0.223. The molecule has 246 valence electrons. The Morgan fingerprint density at radius 1 is 0.587 bits per heavy atom. The Labute approximate surface area is 269 Å². The smallest absolute Gasteiger partial charge is 0.197 e. The van der Waals surface area contributed by atoms with Crippen molar-refractivity contribution in [1.29, 1.82) is 0 Å². The summed E-state index contributed by atoms with van der Waals surface area (Å²) in [7, 11) is 0. The Balaban J connectivity index is 0.806. The maximum absolute atomic E-state index is 6.05. The van der Waals surface area contributed by atoms with Crippen LogP contribution in [-0.2, 0) is 28.4 Å². The molecule has 10 nitrogen and oxygen atoms in total. The number of fused-ring (bicyclic) bond motifs is 2. The SMILES string of the molecule is CC(OCCOCCOCCOC(C)Oc1cccc2cc(OCC3CO3)ccc12)Oc1cccc2cc(OCC3CO3)ccc12. The van der Waals surface area contributed by atoms with Crippen LogP contribution in [0.2, 0.25) is 0 Å². The van der Waals surface area contributed by atoms with E-state index in [1.54, 1.807) is 0 Å². The van der Waals surface area contributed by atoms with Crippen molar-refractivity contribution in [3.05, 3.63) is 72.8 Å². The second kappa shape index (κ2) is 16.3. The second-order valence-corrected chi connectivity index (χ2v) is 11.1. The molecule has 6 rings (SSSR count). The van der Waals surface area contributed by atoms with E-state index in [9.17, 15) is 0 Å². The van der Waals surface area contributed by atoms with Gasteiger partial charge in [0.15, 0.2) is 12.6 Å². The van der Waals surface area contributed by atoms with Gasteiger partial charge in [0.1, 0.15) is 48.4 Å². The van der Waals surface area contributed by atoms with Crippen molar-refractivity contribution < 1.29 is 47.4 Å². The monoisotopic (exact) mass is 634 g/mol. The number of rotatable bonds is 21. The van der Waals surface area contributed by atoms with E-state index in [0.717, 1.165) is 57.8 Å². The van der Waals surface area contributed by atoms with Crippen LogP contribution < -0.4 is 18.9 Å². The second-order valence-electron chi connectivity index (χ2n) is 11.1. The number of epoxide rings is 2. The summed E-state index contributed by atoms with van der Waals surface area (Å²) in [5.74, 6) is 3.16. The fourth-order valence-electron chi connectivity index (χ4n) is 4.85. The molecule has 2 heterocycles. The van der Waals surface area contributed by atoms with E-state index in [2.05, 4.69) is 0 Å². The quantitative estimate of drug-likeness (QED) is 0.0639. The molecule has 10 heteroatoms. The highest BCUT2D eigenvalue weighted by molar-refractivity contribution is 5.90. The lowest BCUT2D eigenvalue weighted by atomic mass is 10.1. The molecule has 2 aliphatic rings. The molecule has 4 atom stereocenters. The first kappa shape index (κ1) is 32.3. The molecule has 0 aliphatic carbocycles. The van der Waals surface area contributed by atoms with Gasteiger partial charge in [0.05, 0.1) is 52.9 Å². The van der Waals surface area contributed by atoms with Gasteiger partial charge in [0, 0.05) is 10.8 Å². The van der Waals surface area contributed by atoms with Gasteiger partial charge in [0.2, 0.25) is 0 Å². The zero-order chi connectivity index (χ0) is 31.6. The summed E-state index contributed by atoms with van der Waals surface area (Å²) in [6, 6.07) is 23.8. The lowest BCUT2D eigenvalue weighted by Gasteiger charge is -2.18. The third-order valence-corrected chi connectivity index (χ3v) is 7.42. The van der Waals surface area contributed by atoms with E-state index in [4.69, 9.17) is 47.4 Å². The van der Waals surface area contributed by atoms with Crippen LogP contribution in [0.4, 0.5) is 0 Å². The fourth-order valence-corrected chi connectivity index (χ4v) is 4.85. The minimum atomic E-state index is -0.428. The molecule has 4 aromatic rings. The minimum Gasteiger partial charge on any atom is -0.491 e. The van der Waals surface area contributed by atoms with Gasteiger partial charge in [-0.05, 0) is 73.2 Å². The van der Waals surface area contributed by atoms with Crippen molar-refractivity contribution in [2.45, 2.75) is 38.6 Å². The highest BCUT2D eigenvalue weighted by Gasteiger charge is 2.24. The fraction of sp³-hybridized carbons (Fsp3) is 0.444. The number of hydrogen-bond donors (Lipinski definition) is 0. The summed E-state index contributed by atoms with van der Waals surface area (Å²) in [4.78, 5) is 0. The molecule has 4 aromatic carbocycles. The summed E-state index contributed by atoms with van der Waals surface area (Å²) in [5.41, 5.74) is 0. The molecule has 2 fully saturated rings. The van der Waals surface area contributed by atoms with Gasteiger partial charge >= 0.3 is 0 Å². The maximum atomic E-state index is 6.05. The number of ether oxygens (including phenoxy) is 10. The van der Waals surface area contributed by atoms with Crippen LogP contribution in [0.25, 0.3) is 21.5 Å².